The topological polar surface area (TPSA) is 88.9 Å². The van der Waals surface area contributed by atoms with Crippen LogP contribution in [0, 0.1) is 11.7 Å². The van der Waals surface area contributed by atoms with Crippen molar-refractivity contribution in [3.05, 3.63) is 71.4 Å². The number of halogens is 2. The van der Waals surface area contributed by atoms with Crippen LogP contribution >= 0.6 is 11.6 Å². The minimum Gasteiger partial charge on any atom is -0.348 e. The Morgan fingerprint density at radius 2 is 1.81 bits per heavy atom. The molecular weight excluding hydrogens is 421 g/mol. The molecular formula is C22H21ClFN5O2. The Bertz CT molecular complexity index is 1090. The van der Waals surface area contributed by atoms with Crippen LogP contribution in [0.4, 0.5) is 10.2 Å². The Kier molecular flexibility index (Phi) is 6.27. The molecule has 4 rings (SSSR count). The van der Waals surface area contributed by atoms with Crippen molar-refractivity contribution in [1.29, 1.82) is 0 Å². The number of nitrogens with zero attached hydrogens (tertiary/aromatic N) is 3. The molecule has 0 atom stereocenters. The van der Waals surface area contributed by atoms with Crippen molar-refractivity contribution in [1.82, 2.24) is 20.1 Å². The smallest absolute Gasteiger partial charge is 0.270 e. The van der Waals surface area contributed by atoms with Gasteiger partial charge in [-0.05, 0) is 49.9 Å². The van der Waals surface area contributed by atoms with Gasteiger partial charge < -0.3 is 10.6 Å². The maximum atomic E-state index is 13.9. The van der Waals surface area contributed by atoms with Gasteiger partial charge in [0.15, 0.2) is 5.82 Å². The van der Waals surface area contributed by atoms with Crippen molar-refractivity contribution in [3.8, 4) is 5.69 Å². The molecule has 0 spiro atoms. The minimum absolute atomic E-state index is 0.0161. The van der Waals surface area contributed by atoms with E-state index in [1.54, 1.807) is 48.7 Å². The highest BCUT2D eigenvalue weighted by Gasteiger charge is 2.28. The highest BCUT2D eigenvalue weighted by Crippen LogP contribution is 2.26. The van der Waals surface area contributed by atoms with E-state index < -0.39 is 5.82 Å². The van der Waals surface area contributed by atoms with E-state index in [0.29, 0.717) is 37.2 Å². The third-order valence-electron chi connectivity index (χ3n) is 5.32. The number of carbonyl (C=O) groups excluding carboxylic acids is 2. The van der Waals surface area contributed by atoms with Gasteiger partial charge in [-0.1, -0.05) is 29.8 Å². The number of pyridine rings is 1. The molecule has 0 saturated heterocycles. The van der Waals surface area contributed by atoms with Gasteiger partial charge in [0, 0.05) is 24.2 Å². The van der Waals surface area contributed by atoms with Crippen LogP contribution < -0.4 is 10.6 Å². The van der Waals surface area contributed by atoms with Crippen molar-refractivity contribution in [3.63, 3.8) is 0 Å². The highest BCUT2D eigenvalue weighted by molar-refractivity contribution is 6.29. The van der Waals surface area contributed by atoms with Crippen LogP contribution in [-0.2, 0) is 4.79 Å². The number of aromatic nitrogens is 3. The highest BCUT2D eigenvalue weighted by atomic mass is 35.5. The van der Waals surface area contributed by atoms with E-state index >= 15 is 0 Å². The minimum atomic E-state index is -0.392. The zero-order valence-electron chi connectivity index (χ0n) is 16.6. The number of benzene rings is 1. The molecule has 1 fully saturated rings. The van der Waals surface area contributed by atoms with E-state index in [9.17, 15) is 14.0 Å². The number of rotatable bonds is 5. The van der Waals surface area contributed by atoms with E-state index in [4.69, 9.17) is 11.6 Å². The van der Waals surface area contributed by atoms with Crippen molar-refractivity contribution < 1.29 is 14.0 Å². The lowest BCUT2D eigenvalue weighted by Gasteiger charge is -2.28. The maximum absolute atomic E-state index is 13.9. The lowest BCUT2D eigenvalue weighted by molar-refractivity contribution is -0.120. The molecule has 7 nitrogen and oxygen atoms in total. The van der Waals surface area contributed by atoms with E-state index in [2.05, 4.69) is 20.7 Å². The van der Waals surface area contributed by atoms with Crippen LogP contribution in [0.1, 0.15) is 36.2 Å². The van der Waals surface area contributed by atoms with Crippen LogP contribution in [0.2, 0.25) is 5.15 Å². The van der Waals surface area contributed by atoms with Gasteiger partial charge in [-0.3, -0.25) is 9.59 Å². The summed E-state index contributed by atoms with van der Waals surface area (Å²) in [6.07, 6.45) is 4.27. The molecule has 0 aliphatic heterocycles. The number of amides is 2. The first kappa shape index (κ1) is 21.0. The maximum Gasteiger partial charge on any atom is 0.270 e. The van der Waals surface area contributed by atoms with Crippen LogP contribution in [0.15, 0.2) is 54.7 Å². The molecule has 2 N–H and O–H groups in total. The number of nitrogens with one attached hydrogen (secondary N) is 2. The molecule has 2 amide bonds. The molecule has 31 heavy (non-hydrogen) atoms. The molecule has 160 valence electrons. The third-order valence-corrected chi connectivity index (χ3v) is 5.53. The second-order valence-electron chi connectivity index (χ2n) is 7.45. The van der Waals surface area contributed by atoms with Crippen LogP contribution in [-0.4, -0.2) is 32.6 Å². The van der Waals surface area contributed by atoms with Crippen LogP contribution in [0.3, 0.4) is 0 Å². The van der Waals surface area contributed by atoms with E-state index in [1.807, 2.05) is 0 Å². The lowest BCUT2D eigenvalue weighted by atomic mass is 9.85. The fourth-order valence-electron chi connectivity index (χ4n) is 3.68. The van der Waals surface area contributed by atoms with Gasteiger partial charge in [-0.2, -0.15) is 0 Å². The predicted molar refractivity (Wildman–Crippen MR) is 115 cm³/mol. The summed E-state index contributed by atoms with van der Waals surface area (Å²) in [5.74, 6) is -0.585. The number of hydrogen-bond acceptors (Lipinski definition) is 4. The Morgan fingerprint density at radius 3 is 2.55 bits per heavy atom. The van der Waals surface area contributed by atoms with Gasteiger partial charge in [-0.15, -0.1) is 5.10 Å². The molecule has 0 unspecified atom stereocenters. The molecule has 1 aliphatic carbocycles. The second kappa shape index (κ2) is 9.26. The summed E-state index contributed by atoms with van der Waals surface area (Å²) >= 11 is 5.84. The summed E-state index contributed by atoms with van der Waals surface area (Å²) in [5.41, 5.74) is 0.589. The Hall–Kier alpha value is -3.26. The monoisotopic (exact) mass is 441 g/mol. The second-order valence-corrected chi connectivity index (χ2v) is 7.84. The largest absolute Gasteiger partial charge is 0.348 e. The molecule has 9 heteroatoms. The Balaban J connectivity index is 1.29. The molecule has 1 aromatic carbocycles. The van der Waals surface area contributed by atoms with Gasteiger partial charge >= 0.3 is 0 Å². The standard InChI is InChI=1S/C22H21ClFN5O2/c23-19-7-3-5-17(26-19)22(31)25-15-10-8-14(9-11-15)21(30)27-20-12-13-29(28-20)18-6-2-1-4-16(18)24/h1-7,12-15H,8-11H2,(H,25,31)(H,27,28,30). The predicted octanol–water partition coefficient (Wildman–Crippen LogP) is 3.99. The van der Waals surface area contributed by atoms with Crippen LogP contribution in [0.25, 0.3) is 5.69 Å². The van der Waals surface area contributed by atoms with Gasteiger partial charge in [0.25, 0.3) is 5.91 Å². The summed E-state index contributed by atoms with van der Waals surface area (Å²) in [6, 6.07) is 12.8. The quantitative estimate of drug-likeness (QED) is 0.586. The first-order valence-corrected chi connectivity index (χ1v) is 10.4. The molecule has 2 heterocycles. The molecule has 0 bridgehead atoms. The van der Waals surface area contributed by atoms with Crippen molar-refractivity contribution in [2.75, 3.05) is 5.32 Å². The Morgan fingerprint density at radius 1 is 1.03 bits per heavy atom. The summed E-state index contributed by atoms with van der Waals surface area (Å²) < 4.78 is 15.3. The van der Waals surface area contributed by atoms with E-state index in [-0.39, 0.29) is 34.6 Å². The zero-order valence-corrected chi connectivity index (χ0v) is 17.3. The average Bonchev–Trinajstić information content (AvgIpc) is 3.22. The first-order valence-electron chi connectivity index (χ1n) is 10.0. The van der Waals surface area contributed by atoms with E-state index in [0.717, 1.165) is 0 Å². The van der Waals surface area contributed by atoms with Crippen molar-refractivity contribution in [2.24, 2.45) is 5.92 Å². The number of para-hydroxylation sites is 1. The number of hydrogen-bond donors (Lipinski definition) is 2. The Labute approximate surface area is 183 Å². The first-order chi connectivity index (χ1) is 15.0. The normalized spacial score (nSPS) is 18.4. The average molecular weight is 442 g/mol. The molecule has 2 aromatic heterocycles. The SMILES string of the molecule is O=C(NC1CCC(C(=O)Nc2ccn(-c3ccccc3F)n2)CC1)c1cccc(Cl)n1. The van der Waals surface area contributed by atoms with E-state index in [1.165, 1.54) is 10.7 Å². The summed E-state index contributed by atoms with van der Waals surface area (Å²) in [6.45, 7) is 0. The van der Waals surface area contributed by atoms with Crippen molar-refractivity contribution in [2.45, 2.75) is 31.7 Å². The summed E-state index contributed by atoms with van der Waals surface area (Å²) in [7, 11) is 0. The third kappa shape index (κ3) is 5.08. The molecule has 1 aliphatic rings. The lowest BCUT2D eigenvalue weighted by Crippen LogP contribution is -2.39. The fourth-order valence-corrected chi connectivity index (χ4v) is 3.85. The fraction of sp³-hybridized carbons (Fsp3) is 0.273. The molecule has 0 radical (unpaired) electrons. The van der Waals surface area contributed by atoms with Crippen LogP contribution in [0.5, 0.6) is 0 Å². The van der Waals surface area contributed by atoms with Gasteiger partial charge in [0.1, 0.15) is 22.4 Å². The van der Waals surface area contributed by atoms with Gasteiger partial charge in [0.05, 0.1) is 0 Å². The van der Waals surface area contributed by atoms with Crippen molar-refractivity contribution >= 4 is 29.2 Å². The summed E-state index contributed by atoms with van der Waals surface area (Å²) in [4.78, 5) is 29.0. The molecule has 1 saturated carbocycles. The summed E-state index contributed by atoms with van der Waals surface area (Å²) in [5, 5.41) is 10.3. The van der Waals surface area contributed by atoms with Gasteiger partial charge in [-0.25, -0.2) is 14.1 Å². The zero-order chi connectivity index (χ0) is 21.8. The van der Waals surface area contributed by atoms with Gasteiger partial charge in [0.2, 0.25) is 5.91 Å². The molecule has 3 aromatic rings. The number of carbonyl (C=O) groups is 2. The number of anilines is 1.